The number of imidazole rings is 1. The molecule has 1 atom stereocenters. The number of amides is 1. The molecule has 25 heavy (non-hydrogen) atoms. The predicted octanol–water partition coefficient (Wildman–Crippen LogP) is 2.86. The Hall–Kier alpha value is -2.70. The molecule has 1 aliphatic heterocycles. The van der Waals surface area contributed by atoms with E-state index in [-0.39, 0.29) is 17.7 Å². The molecule has 3 aromatic rings. The predicted molar refractivity (Wildman–Crippen MR) is 91.5 cm³/mol. The highest BCUT2D eigenvalue weighted by atomic mass is 16.5. The molecule has 7 heteroatoms. The van der Waals surface area contributed by atoms with Crippen LogP contribution in [0.3, 0.4) is 0 Å². The number of fused-ring (bicyclic) bond motifs is 1. The third-order valence-electron chi connectivity index (χ3n) is 4.66. The highest BCUT2D eigenvalue weighted by molar-refractivity contribution is 5.94. The zero-order chi connectivity index (χ0) is 17.4. The summed E-state index contributed by atoms with van der Waals surface area (Å²) in [6.07, 6.45) is 7.32. The Morgan fingerprint density at radius 2 is 2.24 bits per heavy atom. The summed E-state index contributed by atoms with van der Waals surface area (Å²) in [5, 5.41) is 4.13. The summed E-state index contributed by atoms with van der Waals surface area (Å²) in [6, 6.07) is 3.70. The van der Waals surface area contributed by atoms with Crippen LogP contribution >= 0.6 is 0 Å². The lowest BCUT2D eigenvalue weighted by Crippen LogP contribution is -2.39. The maximum atomic E-state index is 12.9. The molecule has 4 heterocycles. The van der Waals surface area contributed by atoms with Crippen LogP contribution in [0.25, 0.3) is 5.65 Å². The van der Waals surface area contributed by atoms with Crippen LogP contribution in [0.15, 0.2) is 35.2 Å². The van der Waals surface area contributed by atoms with Crippen LogP contribution in [0.5, 0.6) is 0 Å². The SMILES string of the molecule is CC(C)c1nc([C@@H]2CCCN(C(=O)c3ccc4nccn4c3)C2)no1. The number of aromatic nitrogens is 4. The molecular weight excluding hydrogens is 318 g/mol. The van der Waals surface area contributed by atoms with Crippen molar-refractivity contribution in [3.63, 3.8) is 0 Å². The number of carbonyl (C=O) groups excluding carboxylic acids is 1. The summed E-state index contributed by atoms with van der Waals surface area (Å²) in [5.41, 5.74) is 1.50. The number of hydrogen-bond acceptors (Lipinski definition) is 5. The highest BCUT2D eigenvalue weighted by Gasteiger charge is 2.29. The fourth-order valence-electron chi connectivity index (χ4n) is 3.25. The molecule has 130 valence electrons. The average molecular weight is 339 g/mol. The van der Waals surface area contributed by atoms with Crippen molar-refractivity contribution in [1.29, 1.82) is 0 Å². The third-order valence-corrected chi connectivity index (χ3v) is 4.66. The quantitative estimate of drug-likeness (QED) is 0.733. The molecule has 1 saturated heterocycles. The van der Waals surface area contributed by atoms with Crippen molar-refractivity contribution >= 4 is 11.6 Å². The van der Waals surface area contributed by atoms with Gasteiger partial charge in [-0.25, -0.2) is 4.98 Å². The van der Waals surface area contributed by atoms with E-state index in [1.165, 1.54) is 0 Å². The van der Waals surface area contributed by atoms with Crippen molar-refractivity contribution in [2.24, 2.45) is 0 Å². The molecule has 0 unspecified atom stereocenters. The van der Waals surface area contributed by atoms with Gasteiger partial charge in [0.2, 0.25) is 5.89 Å². The zero-order valence-electron chi connectivity index (χ0n) is 14.4. The van der Waals surface area contributed by atoms with Gasteiger partial charge in [0.25, 0.3) is 5.91 Å². The molecule has 0 N–H and O–H groups in total. The van der Waals surface area contributed by atoms with E-state index >= 15 is 0 Å². The second-order valence-corrected chi connectivity index (χ2v) is 6.85. The minimum atomic E-state index is 0.0351. The van der Waals surface area contributed by atoms with Crippen LogP contribution in [0.1, 0.15) is 60.6 Å². The fourth-order valence-corrected chi connectivity index (χ4v) is 3.25. The average Bonchev–Trinajstić information content (AvgIpc) is 3.30. The van der Waals surface area contributed by atoms with Crippen molar-refractivity contribution in [2.45, 2.75) is 38.5 Å². The molecule has 0 bridgehead atoms. The van der Waals surface area contributed by atoms with Crippen LogP contribution in [0.2, 0.25) is 0 Å². The maximum absolute atomic E-state index is 12.9. The first-order chi connectivity index (χ1) is 12.1. The summed E-state index contributed by atoms with van der Waals surface area (Å²) in [5.74, 6) is 1.75. The Kier molecular flexibility index (Phi) is 3.99. The van der Waals surface area contributed by atoms with Crippen LogP contribution in [0.4, 0.5) is 0 Å². The number of piperidine rings is 1. The fraction of sp³-hybridized carbons (Fsp3) is 0.444. The molecule has 0 radical (unpaired) electrons. The number of carbonyl (C=O) groups is 1. The monoisotopic (exact) mass is 339 g/mol. The van der Waals surface area contributed by atoms with Gasteiger partial charge in [-0.2, -0.15) is 4.98 Å². The van der Waals surface area contributed by atoms with Crippen molar-refractivity contribution < 1.29 is 9.32 Å². The van der Waals surface area contributed by atoms with E-state index in [1.807, 2.05) is 47.7 Å². The third kappa shape index (κ3) is 3.01. The summed E-state index contributed by atoms with van der Waals surface area (Å²) < 4.78 is 7.19. The minimum absolute atomic E-state index is 0.0351. The molecule has 4 rings (SSSR count). The molecule has 1 fully saturated rings. The lowest BCUT2D eigenvalue weighted by Gasteiger charge is -2.31. The van der Waals surface area contributed by atoms with Crippen LogP contribution < -0.4 is 0 Å². The van der Waals surface area contributed by atoms with Gasteiger partial charge in [0.1, 0.15) is 5.65 Å². The summed E-state index contributed by atoms with van der Waals surface area (Å²) >= 11 is 0. The smallest absolute Gasteiger partial charge is 0.255 e. The summed E-state index contributed by atoms with van der Waals surface area (Å²) in [4.78, 5) is 23.5. The van der Waals surface area contributed by atoms with E-state index in [0.717, 1.165) is 25.0 Å². The van der Waals surface area contributed by atoms with E-state index in [2.05, 4.69) is 15.1 Å². The highest BCUT2D eigenvalue weighted by Crippen LogP contribution is 2.27. The van der Waals surface area contributed by atoms with E-state index < -0.39 is 0 Å². The van der Waals surface area contributed by atoms with Gasteiger partial charge in [-0.3, -0.25) is 4.79 Å². The van der Waals surface area contributed by atoms with Gasteiger partial charge >= 0.3 is 0 Å². The Morgan fingerprint density at radius 3 is 3.04 bits per heavy atom. The molecule has 1 aliphatic rings. The lowest BCUT2D eigenvalue weighted by atomic mass is 9.97. The molecule has 3 aromatic heterocycles. The molecule has 0 aliphatic carbocycles. The number of nitrogens with zero attached hydrogens (tertiary/aromatic N) is 5. The maximum Gasteiger partial charge on any atom is 0.255 e. The molecular formula is C18H21N5O2. The number of pyridine rings is 1. The van der Waals surface area contributed by atoms with Gasteiger partial charge in [-0.1, -0.05) is 19.0 Å². The van der Waals surface area contributed by atoms with Crippen molar-refractivity contribution in [3.8, 4) is 0 Å². The van der Waals surface area contributed by atoms with Gasteiger partial charge in [-0.15, -0.1) is 0 Å². The van der Waals surface area contributed by atoms with Crippen LogP contribution in [0, 0.1) is 0 Å². The van der Waals surface area contributed by atoms with E-state index in [9.17, 15) is 4.79 Å². The Bertz CT molecular complexity index is 898. The standard InChI is InChI=1S/C18H21N5O2/c1-12(2)17-20-16(21-25-17)13-4-3-8-23(10-13)18(24)14-5-6-15-19-7-9-22(15)11-14/h5-7,9,11-13H,3-4,8,10H2,1-2H3/t13-/m1/s1. The van der Waals surface area contributed by atoms with E-state index in [0.29, 0.717) is 23.8 Å². The summed E-state index contributed by atoms with van der Waals surface area (Å²) in [6.45, 7) is 5.44. The first kappa shape index (κ1) is 15.8. The Labute approximate surface area is 145 Å². The Balaban J connectivity index is 1.52. The lowest BCUT2D eigenvalue weighted by molar-refractivity contribution is 0.0703. The van der Waals surface area contributed by atoms with Gasteiger partial charge < -0.3 is 13.8 Å². The van der Waals surface area contributed by atoms with Crippen LogP contribution in [-0.2, 0) is 0 Å². The number of rotatable bonds is 3. The minimum Gasteiger partial charge on any atom is -0.339 e. The van der Waals surface area contributed by atoms with Crippen molar-refractivity contribution in [2.75, 3.05) is 13.1 Å². The molecule has 0 spiro atoms. The molecule has 7 nitrogen and oxygen atoms in total. The Morgan fingerprint density at radius 1 is 1.36 bits per heavy atom. The van der Waals surface area contributed by atoms with Gasteiger partial charge in [0.15, 0.2) is 5.82 Å². The first-order valence-corrected chi connectivity index (χ1v) is 8.67. The van der Waals surface area contributed by atoms with Gasteiger partial charge in [0.05, 0.1) is 5.56 Å². The molecule has 0 saturated carbocycles. The number of hydrogen-bond donors (Lipinski definition) is 0. The molecule has 0 aromatic carbocycles. The van der Waals surface area contributed by atoms with E-state index in [4.69, 9.17) is 4.52 Å². The topological polar surface area (TPSA) is 76.5 Å². The van der Waals surface area contributed by atoms with E-state index in [1.54, 1.807) is 6.20 Å². The second kappa shape index (κ2) is 6.31. The number of likely N-dealkylation sites (tertiary alicyclic amines) is 1. The normalized spacial score (nSPS) is 18.2. The first-order valence-electron chi connectivity index (χ1n) is 8.67. The zero-order valence-corrected chi connectivity index (χ0v) is 14.4. The van der Waals surface area contributed by atoms with Crippen molar-refractivity contribution in [3.05, 3.63) is 48.0 Å². The van der Waals surface area contributed by atoms with Gasteiger partial charge in [-0.05, 0) is 25.0 Å². The van der Waals surface area contributed by atoms with Gasteiger partial charge in [0, 0.05) is 43.5 Å². The second-order valence-electron chi connectivity index (χ2n) is 6.85. The largest absolute Gasteiger partial charge is 0.339 e. The van der Waals surface area contributed by atoms with Crippen LogP contribution in [-0.4, -0.2) is 43.4 Å². The molecule has 1 amide bonds. The summed E-state index contributed by atoms with van der Waals surface area (Å²) in [7, 11) is 0. The van der Waals surface area contributed by atoms with Crippen molar-refractivity contribution in [1.82, 2.24) is 24.4 Å².